The molecule has 0 spiro atoms. The number of aliphatic hydroxyl groups is 1. The molecule has 1 aliphatic rings. The first kappa shape index (κ1) is 16.9. The third-order valence-electron chi connectivity index (χ3n) is 4.49. The van der Waals surface area contributed by atoms with Gasteiger partial charge in [0.2, 0.25) is 5.91 Å². The summed E-state index contributed by atoms with van der Waals surface area (Å²) in [6, 6.07) is 7.98. The van der Waals surface area contributed by atoms with Gasteiger partial charge in [-0.05, 0) is 25.5 Å². The maximum atomic E-state index is 12.3. The lowest BCUT2D eigenvalue weighted by Gasteiger charge is -2.35. The molecule has 2 heterocycles. The molecule has 6 nitrogen and oxygen atoms in total. The van der Waals surface area contributed by atoms with Crippen molar-refractivity contribution in [1.29, 1.82) is 0 Å². The zero-order valence-corrected chi connectivity index (χ0v) is 14.2. The Bertz CT molecular complexity index is 641. The number of carbonyl (C=O) groups excluding carboxylic acids is 1. The van der Waals surface area contributed by atoms with Gasteiger partial charge in [0.25, 0.3) is 0 Å². The highest BCUT2D eigenvalue weighted by atomic mass is 16.3. The van der Waals surface area contributed by atoms with Crippen molar-refractivity contribution in [2.45, 2.75) is 32.3 Å². The summed E-state index contributed by atoms with van der Waals surface area (Å²) < 4.78 is 0. The lowest BCUT2D eigenvalue weighted by Crippen LogP contribution is -2.50. The molecule has 3 rings (SSSR count). The molecule has 1 atom stereocenters. The van der Waals surface area contributed by atoms with Crippen molar-refractivity contribution in [2.75, 3.05) is 32.7 Å². The second-order valence-electron chi connectivity index (χ2n) is 6.58. The summed E-state index contributed by atoms with van der Waals surface area (Å²) >= 11 is 0. The van der Waals surface area contributed by atoms with Crippen LogP contribution >= 0.6 is 0 Å². The number of aromatic nitrogens is 2. The second kappa shape index (κ2) is 7.77. The van der Waals surface area contributed by atoms with E-state index in [0.29, 0.717) is 13.0 Å². The van der Waals surface area contributed by atoms with Crippen LogP contribution in [0.3, 0.4) is 0 Å². The quantitative estimate of drug-likeness (QED) is 0.840. The Morgan fingerprint density at radius 2 is 2.04 bits per heavy atom. The summed E-state index contributed by atoms with van der Waals surface area (Å²) in [5.41, 5.74) is 2.03. The van der Waals surface area contributed by atoms with Gasteiger partial charge in [-0.25, -0.2) is 4.98 Å². The molecule has 0 radical (unpaired) electrons. The molecular formula is C18H26N4O2. The molecule has 0 aliphatic carbocycles. The number of hydrogen-bond donors (Lipinski definition) is 2. The van der Waals surface area contributed by atoms with Crippen LogP contribution in [0.1, 0.15) is 25.6 Å². The predicted octanol–water partition coefficient (Wildman–Crippen LogP) is 1.41. The van der Waals surface area contributed by atoms with Crippen LogP contribution in [0.4, 0.5) is 0 Å². The van der Waals surface area contributed by atoms with E-state index in [1.165, 1.54) is 0 Å². The SMILES string of the molecule is CC(O)CN1CCN(C(=O)CCCc2nc3ccccc3[nH]2)CC1. The number of aryl methyl sites for hydroxylation is 1. The van der Waals surface area contributed by atoms with Gasteiger partial charge in [0.05, 0.1) is 17.1 Å². The molecule has 0 bridgehead atoms. The zero-order valence-electron chi connectivity index (χ0n) is 14.2. The molecule has 1 aromatic heterocycles. The monoisotopic (exact) mass is 330 g/mol. The molecule has 1 unspecified atom stereocenters. The number of nitrogens with zero attached hydrogens (tertiary/aromatic N) is 3. The van der Waals surface area contributed by atoms with Crippen molar-refractivity contribution in [3.05, 3.63) is 30.1 Å². The fraction of sp³-hybridized carbons (Fsp3) is 0.556. The van der Waals surface area contributed by atoms with Gasteiger partial charge in [0.1, 0.15) is 5.82 Å². The van der Waals surface area contributed by atoms with E-state index in [0.717, 1.165) is 55.9 Å². The van der Waals surface area contributed by atoms with Crippen LogP contribution in [-0.4, -0.2) is 69.6 Å². The molecule has 130 valence electrons. The molecule has 1 amide bonds. The normalized spacial score (nSPS) is 17.3. The number of aliphatic hydroxyl groups excluding tert-OH is 1. The van der Waals surface area contributed by atoms with E-state index in [1.54, 1.807) is 6.92 Å². The number of fused-ring (bicyclic) bond motifs is 1. The van der Waals surface area contributed by atoms with Gasteiger partial charge < -0.3 is 15.0 Å². The van der Waals surface area contributed by atoms with E-state index in [1.807, 2.05) is 29.2 Å². The molecule has 1 aliphatic heterocycles. The Kier molecular flexibility index (Phi) is 5.48. The Balaban J connectivity index is 1.41. The number of aromatic amines is 1. The average molecular weight is 330 g/mol. The van der Waals surface area contributed by atoms with Crippen LogP contribution in [0, 0.1) is 0 Å². The van der Waals surface area contributed by atoms with Crippen LogP contribution in [-0.2, 0) is 11.2 Å². The summed E-state index contributed by atoms with van der Waals surface area (Å²) in [7, 11) is 0. The Hall–Kier alpha value is -1.92. The van der Waals surface area contributed by atoms with E-state index in [4.69, 9.17) is 0 Å². The van der Waals surface area contributed by atoms with Gasteiger partial charge in [0, 0.05) is 45.6 Å². The fourth-order valence-electron chi connectivity index (χ4n) is 3.24. The van der Waals surface area contributed by atoms with Crippen molar-refractivity contribution in [2.24, 2.45) is 0 Å². The number of para-hydroxylation sites is 2. The summed E-state index contributed by atoms with van der Waals surface area (Å²) in [4.78, 5) is 24.3. The largest absolute Gasteiger partial charge is 0.392 e. The van der Waals surface area contributed by atoms with E-state index < -0.39 is 0 Å². The maximum Gasteiger partial charge on any atom is 0.222 e. The predicted molar refractivity (Wildman–Crippen MR) is 93.7 cm³/mol. The number of nitrogens with one attached hydrogen (secondary N) is 1. The number of hydrogen-bond acceptors (Lipinski definition) is 4. The van der Waals surface area contributed by atoms with E-state index in [9.17, 15) is 9.90 Å². The van der Waals surface area contributed by atoms with E-state index >= 15 is 0 Å². The standard InChI is InChI=1S/C18H26N4O2/c1-14(23)13-21-9-11-22(12-10-21)18(24)8-4-7-17-19-15-5-2-3-6-16(15)20-17/h2-3,5-6,14,23H,4,7-13H2,1H3,(H,19,20). The number of H-pyrrole nitrogens is 1. The Labute approximate surface area is 142 Å². The van der Waals surface area contributed by atoms with E-state index in [2.05, 4.69) is 14.9 Å². The summed E-state index contributed by atoms with van der Waals surface area (Å²) in [6.07, 6.45) is 1.86. The number of β-amino-alcohol motifs (C(OH)–C–C–N with tert-alkyl or cyclic N) is 1. The van der Waals surface area contributed by atoms with Crippen molar-refractivity contribution in [1.82, 2.24) is 19.8 Å². The molecule has 1 saturated heterocycles. The number of rotatable bonds is 6. The highest BCUT2D eigenvalue weighted by Gasteiger charge is 2.21. The third-order valence-corrected chi connectivity index (χ3v) is 4.49. The smallest absolute Gasteiger partial charge is 0.222 e. The Morgan fingerprint density at radius 1 is 1.29 bits per heavy atom. The minimum absolute atomic E-state index is 0.225. The number of benzene rings is 1. The summed E-state index contributed by atoms with van der Waals surface area (Å²) in [6.45, 7) is 5.70. The fourth-order valence-corrected chi connectivity index (χ4v) is 3.24. The number of amides is 1. The van der Waals surface area contributed by atoms with Crippen LogP contribution in [0.2, 0.25) is 0 Å². The topological polar surface area (TPSA) is 72.5 Å². The molecule has 24 heavy (non-hydrogen) atoms. The highest BCUT2D eigenvalue weighted by Crippen LogP contribution is 2.13. The molecule has 6 heteroatoms. The lowest BCUT2D eigenvalue weighted by atomic mass is 10.2. The van der Waals surface area contributed by atoms with Crippen LogP contribution in [0.5, 0.6) is 0 Å². The van der Waals surface area contributed by atoms with Crippen molar-refractivity contribution in [3.63, 3.8) is 0 Å². The first-order valence-electron chi connectivity index (χ1n) is 8.73. The van der Waals surface area contributed by atoms with Crippen LogP contribution < -0.4 is 0 Å². The average Bonchev–Trinajstić information content (AvgIpc) is 2.97. The minimum atomic E-state index is -0.309. The first-order valence-corrected chi connectivity index (χ1v) is 8.73. The van der Waals surface area contributed by atoms with Crippen molar-refractivity contribution < 1.29 is 9.90 Å². The summed E-state index contributed by atoms with van der Waals surface area (Å²) in [5, 5.41) is 9.43. The molecule has 1 aromatic carbocycles. The zero-order chi connectivity index (χ0) is 16.9. The van der Waals surface area contributed by atoms with Gasteiger partial charge in [-0.1, -0.05) is 12.1 Å². The maximum absolute atomic E-state index is 12.3. The van der Waals surface area contributed by atoms with Gasteiger partial charge in [-0.3, -0.25) is 9.69 Å². The number of piperazine rings is 1. The summed E-state index contributed by atoms with van der Waals surface area (Å²) in [5.74, 6) is 1.17. The number of imidazole rings is 1. The van der Waals surface area contributed by atoms with Crippen molar-refractivity contribution in [3.8, 4) is 0 Å². The number of carbonyl (C=O) groups is 1. The molecule has 1 fully saturated rings. The third kappa shape index (κ3) is 4.33. The molecule has 2 N–H and O–H groups in total. The van der Waals surface area contributed by atoms with Gasteiger partial charge in [0.15, 0.2) is 0 Å². The van der Waals surface area contributed by atoms with Gasteiger partial charge in [-0.2, -0.15) is 0 Å². The van der Waals surface area contributed by atoms with E-state index in [-0.39, 0.29) is 12.0 Å². The lowest BCUT2D eigenvalue weighted by molar-refractivity contribution is -0.133. The molecular weight excluding hydrogens is 304 g/mol. The molecule has 2 aromatic rings. The first-order chi connectivity index (χ1) is 11.6. The van der Waals surface area contributed by atoms with Crippen LogP contribution in [0.25, 0.3) is 11.0 Å². The minimum Gasteiger partial charge on any atom is -0.392 e. The molecule has 0 saturated carbocycles. The Morgan fingerprint density at radius 3 is 2.75 bits per heavy atom. The van der Waals surface area contributed by atoms with Gasteiger partial charge >= 0.3 is 0 Å². The van der Waals surface area contributed by atoms with Gasteiger partial charge in [-0.15, -0.1) is 0 Å². The van der Waals surface area contributed by atoms with Crippen LogP contribution in [0.15, 0.2) is 24.3 Å². The van der Waals surface area contributed by atoms with Crippen molar-refractivity contribution >= 4 is 16.9 Å². The second-order valence-corrected chi connectivity index (χ2v) is 6.58. The highest BCUT2D eigenvalue weighted by molar-refractivity contribution is 5.76.